The van der Waals surface area contributed by atoms with Crippen LogP contribution in [0.4, 0.5) is 11.5 Å². The van der Waals surface area contributed by atoms with Crippen molar-refractivity contribution in [2.75, 3.05) is 17.6 Å². The lowest BCUT2D eigenvalue weighted by atomic mass is 10.3. The van der Waals surface area contributed by atoms with Crippen molar-refractivity contribution >= 4 is 17.5 Å². The van der Waals surface area contributed by atoms with Gasteiger partial charge in [-0.15, -0.1) is 0 Å². The molecule has 80 valence electrons. The Kier molecular flexibility index (Phi) is 2.40. The standard InChI is InChI=1S/C9H12N4O2/c10-6-7(9(14)15)12-4-13-8(6)11-3-5-1-2-5/h4-5H,1-3,10H2,(H,14,15)(H,11,12,13). The number of nitrogens with one attached hydrogen (secondary N) is 1. The van der Waals surface area contributed by atoms with E-state index in [-0.39, 0.29) is 11.4 Å². The minimum atomic E-state index is -1.13. The van der Waals surface area contributed by atoms with Crippen molar-refractivity contribution in [3.8, 4) is 0 Å². The molecule has 0 aromatic carbocycles. The molecular formula is C9H12N4O2. The quantitative estimate of drug-likeness (QED) is 0.669. The first kappa shape index (κ1) is 9.70. The molecule has 4 N–H and O–H groups in total. The summed E-state index contributed by atoms with van der Waals surface area (Å²) in [6, 6.07) is 0. The van der Waals surface area contributed by atoms with Gasteiger partial charge in [0, 0.05) is 6.54 Å². The smallest absolute Gasteiger partial charge is 0.356 e. The first-order valence-corrected chi connectivity index (χ1v) is 4.76. The molecule has 6 nitrogen and oxygen atoms in total. The van der Waals surface area contributed by atoms with Gasteiger partial charge in [-0.2, -0.15) is 0 Å². The van der Waals surface area contributed by atoms with Crippen LogP contribution in [-0.4, -0.2) is 27.6 Å². The van der Waals surface area contributed by atoms with Crippen LogP contribution in [-0.2, 0) is 0 Å². The fourth-order valence-electron chi connectivity index (χ4n) is 1.27. The Morgan fingerprint density at radius 1 is 1.60 bits per heavy atom. The molecule has 6 heteroatoms. The van der Waals surface area contributed by atoms with Crippen molar-refractivity contribution in [2.45, 2.75) is 12.8 Å². The van der Waals surface area contributed by atoms with E-state index in [9.17, 15) is 4.79 Å². The van der Waals surface area contributed by atoms with Crippen molar-refractivity contribution < 1.29 is 9.90 Å². The Hall–Kier alpha value is -1.85. The molecule has 15 heavy (non-hydrogen) atoms. The molecule has 0 amide bonds. The molecule has 1 heterocycles. The lowest BCUT2D eigenvalue weighted by Crippen LogP contribution is -2.12. The van der Waals surface area contributed by atoms with Crippen LogP contribution in [0.2, 0.25) is 0 Å². The van der Waals surface area contributed by atoms with Crippen molar-refractivity contribution in [3.63, 3.8) is 0 Å². The highest BCUT2D eigenvalue weighted by molar-refractivity contribution is 5.93. The average molecular weight is 208 g/mol. The molecule has 0 unspecified atom stereocenters. The topological polar surface area (TPSA) is 101 Å². The first-order valence-electron chi connectivity index (χ1n) is 4.76. The minimum absolute atomic E-state index is 0.102. The highest BCUT2D eigenvalue weighted by Gasteiger charge is 2.22. The van der Waals surface area contributed by atoms with Crippen LogP contribution in [0.15, 0.2) is 6.33 Å². The van der Waals surface area contributed by atoms with E-state index in [1.165, 1.54) is 19.2 Å². The monoisotopic (exact) mass is 208 g/mol. The zero-order chi connectivity index (χ0) is 10.8. The van der Waals surface area contributed by atoms with Gasteiger partial charge in [-0.05, 0) is 18.8 Å². The van der Waals surface area contributed by atoms with E-state index >= 15 is 0 Å². The van der Waals surface area contributed by atoms with Crippen LogP contribution in [0, 0.1) is 5.92 Å². The largest absolute Gasteiger partial charge is 0.476 e. The predicted octanol–water partition coefficient (Wildman–Crippen LogP) is 0.579. The average Bonchev–Trinajstić information content (AvgIpc) is 2.99. The van der Waals surface area contributed by atoms with E-state index in [0.29, 0.717) is 11.7 Å². The number of hydrogen-bond acceptors (Lipinski definition) is 5. The summed E-state index contributed by atoms with van der Waals surface area (Å²) in [5.41, 5.74) is 5.58. The van der Waals surface area contributed by atoms with Gasteiger partial charge in [0.2, 0.25) is 0 Å². The van der Waals surface area contributed by atoms with Crippen LogP contribution in [0.1, 0.15) is 23.3 Å². The molecule has 0 radical (unpaired) electrons. The molecule has 1 aromatic rings. The number of hydrogen-bond donors (Lipinski definition) is 3. The van der Waals surface area contributed by atoms with Crippen LogP contribution < -0.4 is 11.1 Å². The maximum absolute atomic E-state index is 10.7. The maximum atomic E-state index is 10.7. The molecule has 2 rings (SSSR count). The van der Waals surface area contributed by atoms with E-state index in [1.54, 1.807) is 0 Å². The number of carboxylic acid groups (broad SMARTS) is 1. The molecule has 1 fully saturated rings. The fraction of sp³-hybridized carbons (Fsp3) is 0.444. The second-order valence-corrected chi connectivity index (χ2v) is 3.61. The normalized spacial score (nSPS) is 14.9. The third-order valence-electron chi connectivity index (χ3n) is 2.34. The summed E-state index contributed by atoms with van der Waals surface area (Å²) in [5.74, 6) is -0.0497. The minimum Gasteiger partial charge on any atom is -0.476 e. The summed E-state index contributed by atoms with van der Waals surface area (Å²) < 4.78 is 0. The van der Waals surface area contributed by atoms with E-state index < -0.39 is 5.97 Å². The van der Waals surface area contributed by atoms with Gasteiger partial charge < -0.3 is 16.2 Å². The first-order chi connectivity index (χ1) is 7.18. The summed E-state index contributed by atoms with van der Waals surface area (Å²) in [6.07, 6.45) is 3.63. The molecule has 0 bridgehead atoms. The Balaban J connectivity index is 2.14. The number of anilines is 2. The molecule has 0 spiro atoms. The highest BCUT2D eigenvalue weighted by atomic mass is 16.4. The lowest BCUT2D eigenvalue weighted by Gasteiger charge is -2.08. The number of carbonyl (C=O) groups is 1. The summed E-state index contributed by atoms with van der Waals surface area (Å²) in [5, 5.41) is 11.8. The van der Waals surface area contributed by atoms with Gasteiger partial charge in [-0.3, -0.25) is 0 Å². The third-order valence-corrected chi connectivity index (χ3v) is 2.34. The number of nitrogen functional groups attached to an aromatic ring is 1. The van der Waals surface area contributed by atoms with Crippen molar-refractivity contribution in [1.82, 2.24) is 9.97 Å². The Bertz CT molecular complexity index is 390. The van der Waals surface area contributed by atoms with E-state index in [0.717, 1.165) is 6.54 Å². The summed E-state index contributed by atoms with van der Waals surface area (Å²) in [7, 11) is 0. The van der Waals surface area contributed by atoms with Crippen LogP contribution in [0.5, 0.6) is 0 Å². The van der Waals surface area contributed by atoms with Crippen LogP contribution >= 0.6 is 0 Å². The molecule has 0 aliphatic heterocycles. The summed E-state index contributed by atoms with van der Waals surface area (Å²) >= 11 is 0. The Morgan fingerprint density at radius 2 is 2.33 bits per heavy atom. The zero-order valence-electron chi connectivity index (χ0n) is 8.10. The molecule has 1 saturated carbocycles. The maximum Gasteiger partial charge on any atom is 0.356 e. The number of nitrogens with two attached hydrogens (primary N) is 1. The fourth-order valence-corrected chi connectivity index (χ4v) is 1.27. The van der Waals surface area contributed by atoms with Crippen LogP contribution in [0.3, 0.4) is 0 Å². The van der Waals surface area contributed by atoms with Gasteiger partial charge in [-0.1, -0.05) is 0 Å². The Morgan fingerprint density at radius 3 is 2.93 bits per heavy atom. The third kappa shape index (κ3) is 2.15. The second kappa shape index (κ2) is 3.72. The number of aromatic nitrogens is 2. The zero-order valence-corrected chi connectivity index (χ0v) is 8.10. The molecule has 1 aliphatic carbocycles. The number of rotatable bonds is 4. The molecule has 0 saturated heterocycles. The van der Waals surface area contributed by atoms with Gasteiger partial charge in [0.1, 0.15) is 12.0 Å². The lowest BCUT2D eigenvalue weighted by molar-refractivity contribution is 0.0691. The van der Waals surface area contributed by atoms with Gasteiger partial charge in [0.25, 0.3) is 0 Å². The number of nitrogens with zero attached hydrogens (tertiary/aromatic N) is 2. The second-order valence-electron chi connectivity index (χ2n) is 3.61. The number of aromatic carboxylic acids is 1. The van der Waals surface area contributed by atoms with E-state index in [4.69, 9.17) is 10.8 Å². The molecule has 0 atom stereocenters. The van der Waals surface area contributed by atoms with E-state index in [1.807, 2.05) is 0 Å². The van der Waals surface area contributed by atoms with Crippen molar-refractivity contribution in [1.29, 1.82) is 0 Å². The van der Waals surface area contributed by atoms with Gasteiger partial charge in [-0.25, -0.2) is 14.8 Å². The van der Waals surface area contributed by atoms with E-state index in [2.05, 4.69) is 15.3 Å². The summed E-state index contributed by atoms with van der Waals surface area (Å²) in [6.45, 7) is 0.792. The molecule has 1 aromatic heterocycles. The predicted molar refractivity (Wildman–Crippen MR) is 54.6 cm³/mol. The van der Waals surface area contributed by atoms with Gasteiger partial charge >= 0.3 is 5.97 Å². The SMILES string of the molecule is Nc1c(NCC2CC2)ncnc1C(=O)O. The van der Waals surface area contributed by atoms with Gasteiger partial charge in [0.15, 0.2) is 11.5 Å². The molecule has 1 aliphatic rings. The van der Waals surface area contributed by atoms with Crippen molar-refractivity contribution in [3.05, 3.63) is 12.0 Å². The Labute approximate surface area is 86.5 Å². The molecular weight excluding hydrogens is 196 g/mol. The number of carboxylic acids is 1. The van der Waals surface area contributed by atoms with Crippen LogP contribution in [0.25, 0.3) is 0 Å². The summed E-state index contributed by atoms with van der Waals surface area (Å²) in [4.78, 5) is 18.2. The highest BCUT2D eigenvalue weighted by Crippen LogP contribution is 2.29. The van der Waals surface area contributed by atoms with Gasteiger partial charge in [0.05, 0.1) is 0 Å². The van der Waals surface area contributed by atoms with Crippen molar-refractivity contribution in [2.24, 2.45) is 5.92 Å².